The first-order valence-corrected chi connectivity index (χ1v) is 8.67. The van der Waals surface area contributed by atoms with Gasteiger partial charge in [0.25, 0.3) is 5.91 Å². The second kappa shape index (κ2) is 7.87. The molecule has 5 nitrogen and oxygen atoms in total. The van der Waals surface area contributed by atoms with Crippen LogP contribution < -0.4 is 10.1 Å². The molecule has 0 atom stereocenters. The van der Waals surface area contributed by atoms with Gasteiger partial charge in [0.1, 0.15) is 5.75 Å². The molecule has 0 aliphatic heterocycles. The third-order valence-electron chi connectivity index (χ3n) is 3.96. The predicted molar refractivity (Wildman–Crippen MR) is 103 cm³/mol. The van der Waals surface area contributed by atoms with Gasteiger partial charge < -0.3 is 10.1 Å². The number of carbonyl (C=O) groups excluding carboxylic acids is 1. The van der Waals surface area contributed by atoms with E-state index in [9.17, 15) is 4.79 Å². The van der Waals surface area contributed by atoms with Gasteiger partial charge in [-0.1, -0.05) is 24.3 Å². The molecule has 0 fully saturated rings. The standard InChI is InChI=1S/C21H23N3O2/c1-15(2)26-19-10-8-17(9-11-19)21(25)22-20-12-13-24(23-20)14-18-7-5-4-6-16(18)3/h4-13,15H,14H2,1-3H3,(H,22,23,25). The van der Waals surface area contributed by atoms with Gasteiger partial charge >= 0.3 is 0 Å². The molecule has 1 amide bonds. The highest BCUT2D eigenvalue weighted by Crippen LogP contribution is 2.15. The van der Waals surface area contributed by atoms with Gasteiger partial charge in [-0.25, -0.2) is 0 Å². The maximum absolute atomic E-state index is 12.4. The van der Waals surface area contributed by atoms with Crippen LogP contribution in [0.1, 0.15) is 35.3 Å². The summed E-state index contributed by atoms with van der Waals surface area (Å²) in [5.74, 6) is 1.09. The average Bonchev–Trinajstić information content (AvgIpc) is 3.04. The Bertz CT molecular complexity index is 882. The van der Waals surface area contributed by atoms with Crippen LogP contribution in [0.2, 0.25) is 0 Å². The van der Waals surface area contributed by atoms with Gasteiger partial charge in [-0.15, -0.1) is 0 Å². The molecule has 0 unspecified atom stereocenters. The van der Waals surface area contributed by atoms with Gasteiger partial charge in [0, 0.05) is 17.8 Å². The normalized spacial score (nSPS) is 10.8. The Hall–Kier alpha value is -3.08. The fourth-order valence-electron chi connectivity index (χ4n) is 2.62. The summed E-state index contributed by atoms with van der Waals surface area (Å²) in [4.78, 5) is 12.4. The first-order valence-electron chi connectivity index (χ1n) is 8.67. The lowest BCUT2D eigenvalue weighted by Crippen LogP contribution is -2.13. The zero-order valence-corrected chi connectivity index (χ0v) is 15.3. The molecule has 3 rings (SSSR count). The Balaban J connectivity index is 1.63. The molecule has 0 spiro atoms. The summed E-state index contributed by atoms with van der Waals surface area (Å²) in [5.41, 5.74) is 2.99. The largest absolute Gasteiger partial charge is 0.491 e. The van der Waals surface area contributed by atoms with Crippen molar-refractivity contribution < 1.29 is 9.53 Å². The first-order chi connectivity index (χ1) is 12.5. The van der Waals surface area contributed by atoms with E-state index in [0.717, 1.165) is 5.75 Å². The quantitative estimate of drug-likeness (QED) is 0.723. The number of ether oxygens (including phenoxy) is 1. The predicted octanol–water partition coefficient (Wildman–Crippen LogP) is 4.28. The van der Waals surface area contributed by atoms with Crippen molar-refractivity contribution in [3.8, 4) is 5.75 Å². The maximum Gasteiger partial charge on any atom is 0.256 e. The third kappa shape index (κ3) is 4.51. The molecule has 134 valence electrons. The topological polar surface area (TPSA) is 56.2 Å². The Morgan fingerprint density at radius 2 is 1.85 bits per heavy atom. The summed E-state index contributed by atoms with van der Waals surface area (Å²) < 4.78 is 7.41. The molecular weight excluding hydrogens is 326 g/mol. The summed E-state index contributed by atoms with van der Waals surface area (Å²) in [6.07, 6.45) is 1.97. The second-order valence-corrected chi connectivity index (χ2v) is 6.47. The van der Waals surface area contributed by atoms with Crippen molar-refractivity contribution in [3.63, 3.8) is 0 Å². The zero-order valence-electron chi connectivity index (χ0n) is 15.3. The number of nitrogens with zero attached hydrogens (tertiary/aromatic N) is 2. The average molecular weight is 349 g/mol. The number of rotatable bonds is 6. The van der Waals surface area contributed by atoms with E-state index >= 15 is 0 Å². The molecule has 3 aromatic rings. The minimum Gasteiger partial charge on any atom is -0.491 e. The molecule has 0 aliphatic carbocycles. The van der Waals surface area contributed by atoms with E-state index in [1.54, 1.807) is 30.3 Å². The van der Waals surface area contributed by atoms with Crippen LogP contribution in [0.3, 0.4) is 0 Å². The Labute approximate surface area is 153 Å². The number of benzene rings is 2. The number of hydrogen-bond acceptors (Lipinski definition) is 3. The summed E-state index contributed by atoms with van der Waals surface area (Å²) in [6.45, 7) is 6.68. The fourth-order valence-corrected chi connectivity index (χ4v) is 2.62. The van der Waals surface area contributed by atoms with Crippen LogP contribution in [0.5, 0.6) is 5.75 Å². The van der Waals surface area contributed by atoms with E-state index in [1.165, 1.54) is 11.1 Å². The summed E-state index contributed by atoms with van der Waals surface area (Å²) >= 11 is 0. The lowest BCUT2D eigenvalue weighted by Gasteiger charge is -2.10. The monoisotopic (exact) mass is 349 g/mol. The molecule has 0 aliphatic rings. The molecule has 5 heteroatoms. The van der Waals surface area contributed by atoms with Gasteiger partial charge in [0.05, 0.1) is 12.6 Å². The summed E-state index contributed by atoms with van der Waals surface area (Å²) in [6, 6.07) is 17.1. The Morgan fingerprint density at radius 1 is 1.12 bits per heavy atom. The highest BCUT2D eigenvalue weighted by Gasteiger charge is 2.09. The van der Waals surface area contributed by atoms with Crippen molar-refractivity contribution in [2.75, 3.05) is 5.32 Å². The number of nitrogens with one attached hydrogen (secondary N) is 1. The van der Waals surface area contributed by atoms with Crippen LogP contribution in [0.4, 0.5) is 5.82 Å². The van der Waals surface area contributed by atoms with Gasteiger partial charge in [-0.2, -0.15) is 5.10 Å². The van der Waals surface area contributed by atoms with Gasteiger partial charge in [0.15, 0.2) is 5.82 Å². The van der Waals surface area contributed by atoms with Gasteiger partial charge in [-0.05, 0) is 56.2 Å². The van der Waals surface area contributed by atoms with Crippen LogP contribution >= 0.6 is 0 Å². The van der Waals surface area contributed by atoms with E-state index in [2.05, 4.69) is 29.5 Å². The van der Waals surface area contributed by atoms with Crippen LogP contribution in [-0.4, -0.2) is 21.8 Å². The molecule has 0 radical (unpaired) electrons. The van der Waals surface area contributed by atoms with Crippen LogP contribution in [0.15, 0.2) is 60.8 Å². The molecule has 2 aromatic carbocycles. The van der Waals surface area contributed by atoms with Crippen molar-refractivity contribution in [3.05, 3.63) is 77.5 Å². The molecule has 1 aromatic heterocycles. The first kappa shape index (κ1) is 17.7. The van der Waals surface area contributed by atoms with Crippen LogP contribution in [0, 0.1) is 6.92 Å². The van der Waals surface area contributed by atoms with Gasteiger partial charge in [-0.3, -0.25) is 9.48 Å². The SMILES string of the molecule is Cc1ccccc1Cn1ccc(NC(=O)c2ccc(OC(C)C)cc2)n1. The summed E-state index contributed by atoms with van der Waals surface area (Å²) in [5, 5.41) is 7.26. The van der Waals surface area contributed by atoms with E-state index in [4.69, 9.17) is 4.74 Å². The molecule has 0 saturated carbocycles. The fraction of sp³-hybridized carbons (Fsp3) is 0.238. The van der Waals surface area contributed by atoms with E-state index in [-0.39, 0.29) is 12.0 Å². The van der Waals surface area contributed by atoms with E-state index in [0.29, 0.717) is 17.9 Å². The van der Waals surface area contributed by atoms with E-state index < -0.39 is 0 Å². The lowest BCUT2D eigenvalue weighted by atomic mass is 10.1. The Kier molecular flexibility index (Phi) is 5.37. The van der Waals surface area contributed by atoms with Crippen molar-refractivity contribution in [2.24, 2.45) is 0 Å². The second-order valence-electron chi connectivity index (χ2n) is 6.47. The minimum absolute atomic E-state index is 0.104. The number of hydrogen-bond donors (Lipinski definition) is 1. The number of anilines is 1. The number of aryl methyl sites for hydroxylation is 1. The van der Waals surface area contributed by atoms with E-state index in [1.807, 2.05) is 36.9 Å². The molecule has 26 heavy (non-hydrogen) atoms. The summed E-state index contributed by atoms with van der Waals surface area (Å²) in [7, 11) is 0. The highest BCUT2D eigenvalue weighted by atomic mass is 16.5. The highest BCUT2D eigenvalue weighted by molar-refractivity contribution is 6.03. The molecule has 1 N–H and O–H groups in total. The molecule has 0 bridgehead atoms. The molecule has 1 heterocycles. The van der Waals surface area contributed by atoms with Crippen molar-refractivity contribution in [1.82, 2.24) is 9.78 Å². The minimum atomic E-state index is -0.192. The smallest absolute Gasteiger partial charge is 0.256 e. The third-order valence-corrected chi connectivity index (χ3v) is 3.96. The number of amides is 1. The van der Waals surface area contributed by atoms with Crippen molar-refractivity contribution >= 4 is 11.7 Å². The number of aromatic nitrogens is 2. The molecule has 0 saturated heterocycles. The molecular formula is C21H23N3O2. The number of carbonyl (C=O) groups is 1. The van der Waals surface area contributed by atoms with Crippen LogP contribution in [-0.2, 0) is 6.54 Å². The zero-order chi connectivity index (χ0) is 18.5. The van der Waals surface area contributed by atoms with Crippen molar-refractivity contribution in [1.29, 1.82) is 0 Å². The Morgan fingerprint density at radius 3 is 2.54 bits per heavy atom. The van der Waals surface area contributed by atoms with Gasteiger partial charge in [0.2, 0.25) is 0 Å². The lowest BCUT2D eigenvalue weighted by molar-refractivity contribution is 0.102. The van der Waals surface area contributed by atoms with Crippen molar-refractivity contribution in [2.45, 2.75) is 33.4 Å². The van der Waals surface area contributed by atoms with Crippen LogP contribution in [0.25, 0.3) is 0 Å². The maximum atomic E-state index is 12.4.